The Morgan fingerprint density at radius 3 is 2.42 bits per heavy atom. The second-order valence-corrected chi connectivity index (χ2v) is 19.1. The van der Waals surface area contributed by atoms with Crippen LogP contribution in [0, 0.1) is 11.3 Å². The van der Waals surface area contributed by atoms with Gasteiger partial charge in [0, 0.05) is 42.1 Å². The molecule has 0 radical (unpaired) electrons. The summed E-state index contributed by atoms with van der Waals surface area (Å²) < 4.78 is 47.5. The second kappa shape index (κ2) is 18.0. The van der Waals surface area contributed by atoms with E-state index >= 15 is 0 Å². The monoisotopic (exact) mass is 834 g/mol. The normalized spacial score (nSPS) is 23.1. The first-order valence-corrected chi connectivity index (χ1v) is 22.1. The van der Waals surface area contributed by atoms with Crippen LogP contribution >= 0.6 is 7.37 Å². The lowest BCUT2D eigenvalue weighted by molar-refractivity contribution is -0.142. The van der Waals surface area contributed by atoms with Crippen molar-refractivity contribution in [3.05, 3.63) is 67.3 Å². The lowest BCUT2D eigenvalue weighted by atomic mass is 9.85. The molecule has 1 saturated heterocycles. The van der Waals surface area contributed by atoms with E-state index < -0.39 is 73.0 Å². The van der Waals surface area contributed by atoms with Crippen LogP contribution in [0.15, 0.2) is 67.3 Å². The van der Waals surface area contributed by atoms with Gasteiger partial charge in [-0.05, 0) is 56.6 Å². The van der Waals surface area contributed by atoms with E-state index in [4.69, 9.17) is 33.2 Å². The quantitative estimate of drug-likeness (QED) is 0.0671. The number of amides is 3. The number of hydrogen-bond donors (Lipinski definition) is 2. The van der Waals surface area contributed by atoms with E-state index in [1.165, 1.54) is 11.6 Å². The standard InChI is InChI=1S/C43H55N4O11P/c1-8-28-24-43(28,59(7,52)56-26-55-41(51)54-9-2)46-38(48)35-22-31(25-47(35)39(49)37(42(3,4)5)45-40(50)58-29-17-13-14-18-29)57-36-23-33(27-15-11-10-12-16-27)44-34-21-30(53-6)19-20-32(34)36/h8,10-12,15-16,19-21,23,28-29,31,35,37H,1,9,13-14,17-18,22,24-26H2,2-7H3,(H,45,50)(H,46,48)/t28-,31-,35+,37?,43+,59?/m1/s1. The van der Waals surface area contributed by atoms with Crippen molar-refractivity contribution in [1.29, 1.82) is 0 Å². The molecule has 3 aromatic rings. The largest absolute Gasteiger partial charge is 0.510 e. The Hall–Kier alpha value is -5.14. The number of fused-ring (bicyclic) bond motifs is 1. The number of methoxy groups -OCH3 is 1. The van der Waals surface area contributed by atoms with Gasteiger partial charge in [0.15, 0.2) is 0 Å². The van der Waals surface area contributed by atoms with Crippen LogP contribution in [0.3, 0.4) is 0 Å². The molecular weight excluding hydrogens is 779 g/mol. The number of ether oxygens (including phenoxy) is 5. The Kier molecular flexibility index (Phi) is 13.3. The topological polar surface area (TPSA) is 181 Å². The molecule has 59 heavy (non-hydrogen) atoms. The molecule has 1 aliphatic heterocycles. The Morgan fingerprint density at radius 2 is 1.78 bits per heavy atom. The Balaban J connectivity index is 1.32. The molecular formula is C43H55N4O11P. The van der Waals surface area contributed by atoms with Crippen molar-refractivity contribution in [2.24, 2.45) is 11.3 Å². The van der Waals surface area contributed by atoms with E-state index in [1.807, 2.05) is 69.3 Å². The Bertz CT molecular complexity index is 2090. The molecule has 2 N–H and O–H groups in total. The number of alkyl carbamates (subject to hydrolysis) is 1. The fourth-order valence-electron chi connectivity index (χ4n) is 7.85. The zero-order valence-corrected chi connectivity index (χ0v) is 35.5. The average molecular weight is 835 g/mol. The molecule has 2 unspecified atom stereocenters. The minimum Gasteiger partial charge on any atom is -0.497 e. The van der Waals surface area contributed by atoms with Gasteiger partial charge in [0.05, 0.1) is 31.5 Å². The second-order valence-electron chi connectivity index (χ2n) is 16.4. The molecule has 6 atom stereocenters. The molecule has 2 heterocycles. The zero-order chi connectivity index (χ0) is 42.5. The van der Waals surface area contributed by atoms with E-state index in [0.29, 0.717) is 28.1 Å². The van der Waals surface area contributed by atoms with Crippen LogP contribution in [0.1, 0.15) is 66.2 Å². The van der Waals surface area contributed by atoms with Crippen LogP contribution in [0.5, 0.6) is 11.5 Å². The average Bonchev–Trinajstić information content (AvgIpc) is 3.46. The van der Waals surface area contributed by atoms with Crippen molar-refractivity contribution < 1.29 is 52.0 Å². The van der Waals surface area contributed by atoms with Crippen molar-refractivity contribution in [3.8, 4) is 22.8 Å². The van der Waals surface area contributed by atoms with Gasteiger partial charge in [-0.25, -0.2) is 14.6 Å². The molecule has 15 nitrogen and oxygen atoms in total. The third kappa shape index (κ3) is 9.84. The molecule has 2 aromatic carbocycles. The summed E-state index contributed by atoms with van der Waals surface area (Å²) in [6, 6.07) is 14.7. The number of aromatic nitrogens is 1. The highest BCUT2D eigenvalue weighted by atomic mass is 31.2. The Labute approximate surface area is 344 Å². The van der Waals surface area contributed by atoms with Crippen molar-refractivity contribution in [2.75, 3.05) is 33.7 Å². The van der Waals surface area contributed by atoms with Crippen LogP contribution in [0.25, 0.3) is 22.2 Å². The highest BCUT2D eigenvalue weighted by Crippen LogP contribution is 2.70. The lowest BCUT2D eigenvalue weighted by Gasteiger charge is -2.36. The maximum atomic E-state index is 14.8. The smallest absolute Gasteiger partial charge is 0.497 e. The number of hydrogen-bond acceptors (Lipinski definition) is 12. The minimum absolute atomic E-state index is 0.0188. The first-order valence-electron chi connectivity index (χ1n) is 20.0. The molecule has 3 fully saturated rings. The molecule has 3 amide bonds. The molecule has 2 saturated carbocycles. The number of nitrogens with zero attached hydrogens (tertiary/aromatic N) is 2. The Morgan fingerprint density at radius 1 is 1.05 bits per heavy atom. The summed E-state index contributed by atoms with van der Waals surface area (Å²) >= 11 is 0. The van der Waals surface area contributed by atoms with Gasteiger partial charge < -0.3 is 39.2 Å². The first-order chi connectivity index (χ1) is 28.1. The zero-order valence-electron chi connectivity index (χ0n) is 34.6. The van der Waals surface area contributed by atoms with Gasteiger partial charge in [0.25, 0.3) is 0 Å². The number of benzene rings is 2. The summed E-state index contributed by atoms with van der Waals surface area (Å²) in [4.78, 5) is 60.8. The number of nitrogens with one attached hydrogen (secondary N) is 2. The molecule has 1 aromatic heterocycles. The van der Waals surface area contributed by atoms with Crippen molar-refractivity contribution in [3.63, 3.8) is 0 Å². The summed E-state index contributed by atoms with van der Waals surface area (Å²) in [6.45, 7) is 11.7. The van der Waals surface area contributed by atoms with Crippen LogP contribution < -0.4 is 20.1 Å². The van der Waals surface area contributed by atoms with Gasteiger partial charge in [0.1, 0.15) is 41.1 Å². The highest BCUT2D eigenvalue weighted by Gasteiger charge is 2.65. The third-order valence-electron chi connectivity index (χ3n) is 11.2. The number of carbonyl (C=O) groups excluding carboxylic acids is 4. The molecule has 2 aliphatic carbocycles. The molecule has 318 valence electrons. The highest BCUT2D eigenvalue weighted by molar-refractivity contribution is 7.60. The van der Waals surface area contributed by atoms with Crippen molar-refractivity contribution >= 4 is 42.3 Å². The molecule has 0 spiro atoms. The van der Waals surface area contributed by atoms with Gasteiger partial charge in [-0.15, -0.1) is 6.58 Å². The summed E-state index contributed by atoms with van der Waals surface area (Å²) in [7, 11) is -2.17. The van der Waals surface area contributed by atoms with E-state index in [0.717, 1.165) is 31.2 Å². The van der Waals surface area contributed by atoms with Gasteiger partial charge in [0.2, 0.25) is 26.0 Å². The SMILES string of the molecule is C=C[C@@H]1C[C@]1(NC(=O)[C@@H]1C[C@@H](Oc2cc(-c3ccccc3)nc3cc(OC)ccc23)CN1C(=O)C(NC(=O)OC1CCCC1)C(C)(C)C)P(C)(=O)OCOC(=O)OCC. The van der Waals surface area contributed by atoms with E-state index in [2.05, 4.69) is 17.2 Å². The number of likely N-dealkylation sites (tertiary alicyclic amines) is 1. The van der Waals surface area contributed by atoms with Crippen molar-refractivity contribution in [1.82, 2.24) is 20.5 Å². The molecule has 6 rings (SSSR count). The van der Waals surface area contributed by atoms with E-state index in [-0.39, 0.29) is 32.1 Å². The fourth-order valence-corrected chi connectivity index (χ4v) is 9.88. The van der Waals surface area contributed by atoms with Gasteiger partial charge in [-0.2, -0.15) is 0 Å². The van der Waals surface area contributed by atoms with Gasteiger partial charge >= 0.3 is 12.2 Å². The maximum Gasteiger partial charge on any atom is 0.510 e. The lowest BCUT2D eigenvalue weighted by Crippen LogP contribution is -2.58. The fraction of sp³-hybridized carbons (Fsp3) is 0.512. The van der Waals surface area contributed by atoms with E-state index in [9.17, 15) is 23.7 Å². The van der Waals surface area contributed by atoms with Crippen LogP contribution in [-0.2, 0) is 32.9 Å². The predicted molar refractivity (Wildman–Crippen MR) is 220 cm³/mol. The number of carbonyl (C=O) groups is 4. The summed E-state index contributed by atoms with van der Waals surface area (Å²) in [5.74, 6) is -0.446. The van der Waals surface area contributed by atoms with Gasteiger partial charge in [-0.3, -0.25) is 18.7 Å². The van der Waals surface area contributed by atoms with Gasteiger partial charge in [-0.1, -0.05) is 57.2 Å². The summed E-state index contributed by atoms with van der Waals surface area (Å²) in [5, 5.41) is 5.10. The van der Waals surface area contributed by atoms with Crippen molar-refractivity contribution in [2.45, 2.75) is 95.8 Å². The minimum atomic E-state index is -3.75. The molecule has 16 heteroatoms. The number of rotatable bonds is 15. The van der Waals surface area contributed by atoms with E-state index in [1.54, 1.807) is 26.2 Å². The molecule has 3 aliphatic rings. The number of pyridine rings is 1. The third-order valence-corrected chi connectivity index (χ3v) is 13.9. The summed E-state index contributed by atoms with van der Waals surface area (Å²) in [6.07, 6.45) is 2.68. The van der Waals surface area contributed by atoms with Crippen LogP contribution in [0.4, 0.5) is 9.59 Å². The summed E-state index contributed by atoms with van der Waals surface area (Å²) in [5.41, 5.74) is 1.33. The van der Waals surface area contributed by atoms with Crippen LogP contribution in [-0.4, -0.2) is 97.2 Å². The van der Waals surface area contributed by atoms with Crippen LogP contribution in [0.2, 0.25) is 0 Å². The predicted octanol–water partition coefficient (Wildman–Crippen LogP) is 7.42. The first kappa shape index (κ1) is 43.4. The molecule has 0 bridgehead atoms. The maximum absolute atomic E-state index is 14.8.